The summed E-state index contributed by atoms with van der Waals surface area (Å²) in [6, 6.07) is 7.83. The normalized spacial score (nSPS) is 34.5. The van der Waals surface area contributed by atoms with Gasteiger partial charge in [-0.25, -0.2) is 0 Å². The summed E-state index contributed by atoms with van der Waals surface area (Å²) >= 11 is 0. The number of fused-ring (bicyclic) bond motifs is 1. The van der Waals surface area contributed by atoms with Crippen LogP contribution in [0.3, 0.4) is 0 Å². The van der Waals surface area contributed by atoms with Crippen molar-refractivity contribution in [3.63, 3.8) is 0 Å². The molecule has 0 N–H and O–H groups in total. The Balaban J connectivity index is 1.67. The number of carboxylic acid groups (broad SMARTS) is 1. The van der Waals surface area contributed by atoms with E-state index in [0.29, 0.717) is 12.5 Å². The highest BCUT2D eigenvalue weighted by Gasteiger charge is 2.65. The number of aliphatic carboxylic acids is 1. The maximum Gasteiger partial charge on any atom is 0.234 e. The zero-order chi connectivity index (χ0) is 16.4. The molecule has 4 rings (SSSR count). The summed E-state index contributed by atoms with van der Waals surface area (Å²) in [5.74, 6) is -2.57. The van der Waals surface area contributed by atoms with Gasteiger partial charge in [-0.2, -0.15) is 0 Å². The van der Waals surface area contributed by atoms with Gasteiger partial charge in [-0.05, 0) is 23.6 Å². The van der Waals surface area contributed by atoms with Crippen LogP contribution in [0.25, 0.3) is 0 Å². The van der Waals surface area contributed by atoms with Crippen LogP contribution in [0.1, 0.15) is 25.3 Å². The number of carbonyl (C=O) groups excluding carboxylic acids is 2. The van der Waals surface area contributed by atoms with E-state index >= 15 is 0 Å². The molecule has 0 aromatic heterocycles. The Morgan fingerprint density at radius 3 is 2.65 bits per heavy atom. The van der Waals surface area contributed by atoms with Gasteiger partial charge in [-0.3, -0.25) is 4.79 Å². The van der Waals surface area contributed by atoms with E-state index in [0.717, 1.165) is 5.69 Å². The van der Waals surface area contributed by atoms with Crippen molar-refractivity contribution < 1.29 is 19.4 Å². The van der Waals surface area contributed by atoms with E-state index < -0.39 is 29.5 Å². The maximum atomic E-state index is 12.8. The lowest BCUT2D eigenvalue weighted by molar-refractivity contribution is -0.313. The second-order valence-electron chi connectivity index (χ2n) is 6.89. The molecule has 0 saturated carbocycles. The van der Waals surface area contributed by atoms with E-state index in [9.17, 15) is 14.7 Å². The fraction of sp³-hybridized carbons (Fsp3) is 0.444. The maximum absolute atomic E-state index is 12.8. The van der Waals surface area contributed by atoms with E-state index in [1.807, 2.05) is 30.3 Å². The largest absolute Gasteiger partial charge is 0.550 e. The van der Waals surface area contributed by atoms with Gasteiger partial charge in [0, 0.05) is 17.6 Å². The summed E-state index contributed by atoms with van der Waals surface area (Å²) in [6.45, 7) is 4.58. The molecule has 4 atom stereocenters. The first-order chi connectivity index (χ1) is 10.9. The van der Waals surface area contributed by atoms with E-state index in [2.05, 4.69) is 13.8 Å². The molecule has 3 aliphatic heterocycles. The number of hydrogen-bond acceptors (Lipinski definition) is 4. The summed E-state index contributed by atoms with van der Waals surface area (Å²) in [4.78, 5) is 25.9. The van der Waals surface area contributed by atoms with Gasteiger partial charge in [-0.15, -0.1) is 0 Å². The zero-order valence-corrected chi connectivity index (χ0v) is 13.1. The van der Waals surface area contributed by atoms with Gasteiger partial charge in [-0.1, -0.05) is 38.1 Å². The molecule has 0 aliphatic carbocycles. The van der Waals surface area contributed by atoms with Crippen molar-refractivity contribution in [2.45, 2.75) is 31.5 Å². The molecule has 3 heterocycles. The highest BCUT2D eigenvalue weighted by molar-refractivity contribution is 6.02. The van der Waals surface area contributed by atoms with Crippen molar-refractivity contribution in [3.8, 4) is 0 Å². The van der Waals surface area contributed by atoms with Crippen molar-refractivity contribution in [1.82, 2.24) is 0 Å². The lowest BCUT2D eigenvalue weighted by Crippen LogP contribution is -2.45. The van der Waals surface area contributed by atoms with E-state index in [1.54, 1.807) is 11.0 Å². The van der Waals surface area contributed by atoms with Crippen LogP contribution in [0.2, 0.25) is 0 Å². The number of rotatable bonds is 3. The molecule has 5 heteroatoms. The molecule has 2 bridgehead atoms. The van der Waals surface area contributed by atoms with Crippen LogP contribution in [0.5, 0.6) is 0 Å². The molecular formula is C18H18NO4-. The molecular weight excluding hydrogens is 294 g/mol. The summed E-state index contributed by atoms with van der Waals surface area (Å²) in [5, 5.41) is 11.4. The highest BCUT2D eigenvalue weighted by atomic mass is 16.5. The Morgan fingerprint density at radius 2 is 2.04 bits per heavy atom. The molecule has 120 valence electrons. The third kappa shape index (κ3) is 1.89. The van der Waals surface area contributed by atoms with Crippen molar-refractivity contribution in [2.24, 2.45) is 11.8 Å². The van der Waals surface area contributed by atoms with Crippen molar-refractivity contribution >= 4 is 17.6 Å². The molecule has 0 unspecified atom stereocenters. The number of benzene rings is 1. The Labute approximate surface area is 134 Å². The number of ether oxygens (including phenoxy) is 1. The number of anilines is 1. The first-order valence-corrected chi connectivity index (χ1v) is 7.92. The van der Waals surface area contributed by atoms with Crippen LogP contribution in [0.15, 0.2) is 36.4 Å². The molecule has 2 fully saturated rings. The SMILES string of the molecule is CC(C)c1ccc(N2C[C@@]34C=C[C@H](O3)[C@@H](C(=O)[O-])[C@H]4C2=O)cc1. The standard InChI is InChI=1S/C18H19NO4/c1-10(2)11-3-5-12(6-4-11)19-9-18-8-7-13(23-18)14(17(21)22)15(18)16(19)20/h3-8,10,13-15H,9H2,1-2H3,(H,21,22)/p-1/t13-,14+,15-,18+/m0/s1. The predicted octanol–water partition coefficient (Wildman–Crippen LogP) is 0.846. The first kappa shape index (κ1) is 14.5. The molecule has 1 aromatic rings. The average Bonchev–Trinajstić information content (AvgIpc) is 3.15. The number of carboxylic acids is 1. The quantitative estimate of drug-likeness (QED) is 0.776. The molecule has 2 saturated heterocycles. The van der Waals surface area contributed by atoms with Crippen LogP contribution in [0, 0.1) is 11.8 Å². The number of carbonyl (C=O) groups is 2. The molecule has 1 spiro atoms. The lowest BCUT2D eigenvalue weighted by atomic mass is 9.77. The van der Waals surface area contributed by atoms with Gasteiger partial charge in [0.2, 0.25) is 5.91 Å². The Morgan fingerprint density at radius 1 is 1.35 bits per heavy atom. The van der Waals surface area contributed by atoms with Gasteiger partial charge < -0.3 is 19.5 Å². The Hall–Kier alpha value is -2.14. The van der Waals surface area contributed by atoms with Gasteiger partial charge in [0.1, 0.15) is 5.60 Å². The molecule has 1 aromatic carbocycles. The van der Waals surface area contributed by atoms with Crippen molar-refractivity contribution in [2.75, 3.05) is 11.4 Å². The zero-order valence-electron chi connectivity index (χ0n) is 13.1. The second-order valence-corrected chi connectivity index (χ2v) is 6.89. The van der Waals surface area contributed by atoms with Gasteiger partial charge >= 0.3 is 0 Å². The highest BCUT2D eigenvalue weighted by Crippen LogP contribution is 2.52. The minimum Gasteiger partial charge on any atom is -0.550 e. The van der Waals surface area contributed by atoms with E-state index in [1.165, 1.54) is 5.56 Å². The van der Waals surface area contributed by atoms with E-state index in [4.69, 9.17) is 4.74 Å². The summed E-state index contributed by atoms with van der Waals surface area (Å²) < 4.78 is 5.85. The van der Waals surface area contributed by atoms with Gasteiger partial charge in [0.05, 0.1) is 18.6 Å². The smallest absolute Gasteiger partial charge is 0.234 e. The molecule has 5 nitrogen and oxygen atoms in total. The van der Waals surface area contributed by atoms with Crippen molar-refractivity contribution in [3.05, 3.63) is 42.0 Å². The monoisotopic (exact) mass is 312 g/mol. The Kier molecular flexibility index (Phi) is 2.94. The van der Waals surface area contributed by atoms with Gasteiger partial charge in [0.15, 0.2) is 0 Å². The second kappa shape index (κ2) is 4.68. The molecule has 23 heavy (non-hydrogen) atoms. The minimum atomic E-state index is -1.21. The molecule has 1 amide bonds. The fourth-order valence-corrected chi connectivity index (χ4v) is 4.03. The molecule has 3 aliphatic rings. The average molecular weight is 312 g/mol. The summed E-state index contributed by atoms with van der Waals surface area (Å²) in [5.41, 5.74) is 1.16. The molecule has 0 radical (unpaired) electrons. The van der Waals surface area contributed by atoms with Crippen LogP contribution in [-0.4, -0.2) is 30.1 Å². The fourth-order valence-electron chi connectivity index (χ4n) is 4.03. The summed E-state index contributed by atoms with van der Waals surface area (Å²) in [7, 11) is 0. The summed E-state index contributed by atoms with van der Waals surface area (Å²) in [6.07, 6.45) is 3.05. The minimum absolute atomic E-state index is 0.191. The van der Waals surface area contributed by atoms with Crippen LogP contribution >= 0.6 is 0 Å². The third-order valence-electron chi connectivity index (χ3n) is 5.24. The predicted molar refractivity (Wildman–Crippen MR) is 81.6 cm³/mol. The first-order valence-electron chi connectivity index (χ1n) is 7.92. The number of nitrogens with zero attached hydrogens (tertiary/aromatic N) is 1. The Bertz CT molecular complexity index is 708. The lowest BCUT2D eigenvalue weighted by Gasteiger charge is -2.24. The van der Waals surface area contributed by atoms with E-state index in [-0.39, 0.29) is 5.91 Å². The number of hydrogen-bond donors (Lipinski definition) is 0. The van der Waals surface area contributed by atoms with Gasteiger partial charge in [0.25, 0.3) is 0 Å². The van der Waals surface area contributed by atoms with Crippen LogP contribution < -0.4 is 10.0 Å². The van der Waals surface area contributed by atoms with Crippen LogP contribution in [-0.2, 0) is 14.3 Å². The topological polar surface area (TPSA) is 69.7 Å². The van der Waals surface area contributed by atoms with Crippen LogP contribution in [0.4, 0.5) is 5.69 Å². The van der Waals surface area contributed by atoms with Crippen molar-refractivity contribution in [1.29, 1.82) is 0 Å². The number of amides is 1. The third-order valence-corrected chi connectivity index (χ3v) is 5.24.